The highest BCUT2D eigenvalue weighted by Gasteiger charge is 2.19. The number of hydrogen-bond acceptors (Lipinski definition) is 3. The molecule has 2 heterocycles. The molecule has 0 fully saturated rings. The molecule has 0 bridgehead atoms. The van der Waals surface area contributed by atoms with Gasteiger partial charge in [0, 0.05) is 22.8 Å². The number of aryl methyl sites for hydroxylation is 3. The molecule has 0 saturated heterocycles. The van der Waals surface area contributed by atoms with E-state index in [9.17, 15) is 9.59 Å². The average molecular weight is 479 g/mol. The second-order valence-corrected chi connectivity index (χ2v) is 9.55. The van der Waals surface area contributed by atoms with Crippen molar-refractivity contribution in [1.29, 1.82) is 0 Å². The summed E-state index contributed by atoms with van der Waals surface area (Å²) in [5.41, 5.74) is 7.09. The molecule has 6 nitrogen and oxygen atoms in total. The van der Waals surface area contributed by atoms with E-state index in [1.54, 1.807) is 6.20 Å². The van der Waals surface area contributed by atoms with E-state index in [1.807, 2.05) is 61.5 Å². The Bertz CT molecular complexity index is 1620. The van der Waals surface area contributed by atoms with Gasteiger partial charge in [0.2, 0.25) is 5.91 Å². The molecule has 5 aromatic rings. The minimum Gasteiger partial charge on any atom is -0.348 e. The van der Waals surface area contributed by atoms with Crippen molar-refractivity contribution in [3.63, 3.8) is 0 Å². The molecular weight excluding hydrogens is 448 g/mol. The first-order valence-corrected chi connectivity index (χ1v) is 12.2. The Labute approximate surface area is 210 Å². The third kappa shape index (κ3) is 4.31. The van der Waals surface area contributed by atoms with Crippen LogP contribution in [0.25, 0.3) is 21.8 Å². The van der Waals surface area contributed by atoms with Crippen molar-refractivity contribution in [3.8, 4) is 0 Å². The number of carbonyl (C=O) groups excluding carboxylic acids is 1. The van der Waals surface area contributed by atoms with Gasteiger partial charge in [0.15, 0.2) is 0 Å². The third-order valence-corrected chi connectivity index (χ3v) is 6.90. The van der Waals surface area contributed by atoms with Gasteiger partial charge in [-0.1, -0.05) is 66.2 Å². The van der Waals surface area contributed by atoms with Gasteiger partial charge < -0.3 is 9.88 Å². The molecule has 0 radical (unpaired) electrons. The molecular formula is C30H30N4O2. The van der Waals surface area contributed by atoms with Gasteiger partial charge in [-0.15, -0.1) is 0 Å². The number of fused-ring (bicyclic) bond motifs is 3. The molecule has 0 saturated carbocycles. The van der Waals surface area contributed by atoms with E-state index in [2.05, 4.69) is 47.9 Å². The molecule has 6 heteroatoms. The van der Waals surface area contributed by atoms with E-state index in [-0.39, 0.29) is 24.1 Å². The lowest BCUT2D eigenvalue weighted by atomic mass is 10.00. The number of aromatic nitrogens is 3. The predicted molar refractivity (Wildman–Crippen MR) is 144 cm³/mol. The first-order chi connectivity index (χ1) is 17.3. The average Bonchev–Trinajstić information content (AvgIpc) is 3.17. The Morgan fingerprint density at radius 1 is 0.944 bits per heavy atom. The van der Waals surface area contributed by atoms with Gasteiger partial charge >= 0.3 is 0 Å². The van der Waals surface area contributed by atoms with Gasteiger partial charge in [-0.3, -0.25) is 9.59 Å². The SMILES string of the molecule is Cc1cc(C)c(Cn2c3ccccc3c3cnn(CC(=O)NC(C)c4ccccc4)c(=O)c32)c(C)c1. The van der Waals surface area contributed by atoms with Crippen molar-refractivity contribution in [1.82, 2.24) is 19.7 Å². The Morgan fingerprint density at radius 3 is 2.33 bits per heavy atom. The van der Waals surface area contributed by atoms with Crippen LogP contribution in [0.1, 0.15) is 40.8 Å². The molecule has 5 rings (SSSR count). The van der Waals surface area contributed by atoms with Gasteiger partial charge in [0.05, 0.1) is 12.2 Å². The minimum atomic E-state index is -0.270. The third-order valence-electron chi connectivity index (χ3n) is 6.90. The summed E-state index contributed by atoms with van der Waals surface area (Å²) in [7, 11) is 0. The van der Waals surface area contributed by atoms with Crippen LogP contribution in [-0.4, -0.2) is 20.3 Å². The van der Waals surface area contributed by atoms with Crippen LogP contribution >= 0.6 is 0 Å². The Kier molecular flexibility index (Phi) is 6.18. The number of nitrogens with one attached hydrogen (secondary N) is 1. The number of para-hydroxylation sites is 1. The molecule has 0 aliphatic carbocycles. The minimum absolute atomic E-state index is 0.143. The lowest BCUT2D eigenvalue weighted by Crippen LogP contribution is -2.35. The highest BCUT2D eigenvalue weighted by Crippen LogP contribution is 2.28. The summed E-state index contributed by atoms with van der Waals surface area (Å²) < 4.78 is 3.33. The van der Waals surface area contributed by atoms with Crippen molar-refractivity contribution in [2.24, 2.45) is 0 Å². The molecule has 0 aliphatic rings. The maximum absolute atomic E-state index is 13.7. The van der Waals surface area contributed by atoms with Crippen LogP contribution in [0.3, 0.4) is 0 Å². The zero-order valence-corrected chi connectivity index (χ0v) is 21.1. The van der Waals surface area contributed by atoms with Crippen LogP contribution in [0.2, 0.25) is 0 Å². The molecule has 36 heavy (non-hydrogen) atoms. The Morgan fingerprint density at radius 2 is 1.61 bits per heavy atom. The zero-order chi connectivity index (χ0) is 25.4. The molecule has 1 unspecified atom stereocenters. The smallest absolute Gasteiger partial charge is 0.291 e. The second kappa shape index (κ2) is 9.46. The van der Waals surface area contributed by atoms with E-state index in [0.717, 1.165) is 21.9 Å². The molecule has 0 spiro atoms. The molecule has 182 valence electrons. The first kappa shape index (κ1) is 23.5. The summed E-state index contributed by atoms with van der Waals surface area (Å²) in [6.07, 6.45) is 1.71. The lowest BCUT2D eigenvalue weighted by Gasteiger charge is -2.15. The van der Waals surface area contributed by atoms with Gasteiger partial charge in [0.25, 0.3) is 5.56 Å². The highest BCUT2D eigenvalue weighted by atomic mass is 16.2. The van der Waals surface area contributed by atoms with Crippen LogP contribution in [0.5, 0.6) is 0 Å². The normalized spacial score (nSPS) is 12.2. The molecule has 3 aromatic carbocycles. The summed E-state index contributed by atoms with van der Waals surface area (Å²) in [5.74, 6) is -0.256. The molecule has 0 aliphatic heterocycles. The fraction of sp³-hybridized carbons (Fsp3) is 0.233. The molecule has 1 N–H and O–H groups in total. The monoisotopic (exact) mass is 478 g/mol. The van der Waals surface area contributed by atoms with Crippen molar-refractivity contribution < 1.29 is 4.79 Å². The fourth-order valence-electron chi connectivity index (χ4n) is 5.14. The van der Waals surface area contributed by atoms with Crippen molar-refractivity contribution >= 4 is 27.7 Å². The number of nitrogens with zero attached hydrogens (tertiary/aromatic N) is 3. The fourth-order valence-corrected chi connectivity index (χ4v) is 5.14. The number of amides is 1. The number of hydrogen-bond donors (Lipinski definition) is 1. The van der Waals surface area contributed by atoms with E-state index >= 15 is 0 Å². The van der Waals surface area contributed by atoms with E-state index in [0.29, 0.717) is 12.1 Å². The van der Waals surface area contributed by atoms with Crippen molar-refractivity contribution in [2.45, 2.75) is 46.8 Å². The summed E-state index contributed by atoms with van der Waals surface area (Å²) in [6, 6.07) is 21.9. The van der Waals surface area contributed by atoms with E-state index in [1.165, 1.54) is 26.9 Å². The van der Waals surface area contributed by atoms with Crippen LogP contribution in [0.15, 0.2) is 77.7 Å². The van der Waals surface area contributed by atoms with Crippen LogP contribution in [0.4, 0.5) is 0 Å². The highest BCUT2D eigenvalue weighted by molar-refractivity contribution is 6.07. The van der Waals surface area contributed by atoms with Gasteiger partial charge in [0.1, 0.15) is 12.1 Å². The summed E-state index contributed by atoms with van der Waals surface area (Å²) in [5, 5.41) is 9.13. The molecule has 1 atom stereocenters. The van der Waals surface area contributed by atoms with Crippen LogP contribution < -0.4 is 10.9 Å². The Balaban J connectivity index is 1.55. The number of benzene rings is 3. The lowest BCUT2D eigenvalue weighted by molar-refractivity contribution is -0.122. The number of rotatable bonds is 6. The van der Waals surface area contributed by atoms with Crippen molar-refractivity contribution in [2.75, 3.05) is 0 Å². The van der Waals surface area contributed by atoms with Gasteiger partial charge in [-0.25, -0.2) is 4.68 Å². The Hall–Kier alpha value is -4.19. The van der Waals surface area contributed by atoms with Crippen LogP contribution in [-0.2, 0) is 17.9 Å². The molecule has 2 aromatic heterocycles. The maximum Gasteiger partial charge on any atom is 0.291 e. The topological polar surface area (TPSA) is 68.9 Å². The largest absolute Gasteiger partial charge is 0.348 e. The van der Waals surface area contributed by atoms with Gasteiger partial charge in [-0.2, -0.15) is 5.10 Å². The quantitative estimate of drug-likeness (QED) is 0.365. The standard InChI is InChI=1S/C30H30N4O2/c1-19-14-20(2)26(21(3)15-19)17-33-27-13-9-8-12-24(27)25-16-31-34(30(36)29(25)33)18-28(35)32-22(4)23-10-6-5-7-11-23/h5-16,22H,17-18H2,1-4H3,(H,32,35). The van der Waals surface area contributed by atoms with Crippen molar-refractivity contribution in [3.05, 3.63) is 111 Å². The van der Waals surface area contributed by atoms with E-state index in [4.69, 9.17) is 0 Å². The van der Waals surface area contributed by atoms with Gasteiger partial charge in [-0.05, 0) is 56.0 Å². The molecule has 1 amide bonds. The summed E-state index contributed by atoms with van der Waals surface area (Å²) in [4.78, 5) is 26.6. The second-order valence-electron chi connectivity index (χ2n) is 9.55. The summed E-state index contributed by atoms with van der Waals surface area (Å²) >= 11 is 0. The van der Waals surface area contributed by atoms with E-state index < -0.39 is 0 Å². The van der Waals surface area contributed by atoms with Crippen LogP contribution in [0, 0.1) is 20.8 Å². The maximum atomic E-state index is 13.7. The number of carbonyl (C=O) groups is 1. The predicted octanol–water partition coefficient (Wildman–Crippen LogP) is 5.20. The zero-order valence-electron chi connectivity index (χ0n) is 21.1. The first-order valence-electron chi connectivity index (χ1n) is 12.2. The summed E-state index contributed by atoms with van der Waals surface area (Å²) in [6.45, 7) is 8.67.